The van der Waals surface area contributed by atoms with Gasteiger partial charge in [0.15, 0.2) is 0 Å². The highest BCUT2D eigenvalue weighted by Gasteiger charge is 2.25. The molecule has 1 N–H and O–H groups in total. The summed E-state index contributed by atoms with van der Waals surface area (Å²) in [5.41, 5.74) is 0.672. The Hall–Kier alpha value is -2.30. The van der Waals surface area contributed by atoms with E-state index in [1.807, 2.05) is 0 Å². The van der Waals surface area contributed by atoms with Crippen molar-refractivity contribution in [3.63, 3.8) is 0 Å². The largest absolute Gasteiger partial charge is 0.497 e. The number of nitrogens with zero attached hydrogens (tertiary/aromatic N) is 1. The number of methoxy groups -OCH3 is 2. The van der Waals surface area contributed by atoms with Gasteiger partial charge in [-0.3, -0.25) is 4.72 Å². The smallest absolute Gasteiger partial charge is 0.262 e. The van der Waals surface area contributed by atoms with Crippen molar-refractivity contribution < 1.29 is 26.3 Å². The predicted molar refractivity (Wildman–Crippen MR) is 112 cm³/mol. The lowest BCUT2D eigenvalue weighted by molar-refractivity contribution is 0.392. The number of aryl methyl sites for hydroxylation is 1. The van der Waals surface area contributed by atoms with Crippen molar-refractivity contribution in [3.8, 4) is 11.5 Å². The van der Waals surface area contributed by atoms with Crippen molar-refractivity contribution in [1.82, 2.24) is 4.31 Å². The lowest BCUT2D eigenvalue weighted by atomic mass is 10.2. The lowest BCUT2D eigenvalue weighted by Crippen LogP contribution is -2.31. The molecule has 0 aliphatic carbocycles. The normalized spacial score (nSPS) is 12.1. The van der Waals surface area contributed by atoms with Crippen molar-refractivity contribution >= 4 is 25.7 Å². The second-order valence-corrected chi connectivity index (χ2v) is 9.81. The summed E-state index contributed by atoms with van der Waals surface area (Å²) >= 11 is 0. The molecule has 0 radical (unpaired) electrons. The first-order valence-corrected chi connectivity index (χ1v) is 11.9. The number of rotatable bonds is 9. The maximum absolute atomic E-state index is 12.9. The van der Waals surface area contributed by atoms with E-state index in [-0.39, 0.29) is 15.5 Å². The fraction of sp³-hybridized carbons (Fsp3) is 0.368. The van der Waals surface area contributed by atoms with Crippen LogP contribution in [0.4, 0.5) is 5.69 Å². The molecular weight excluding hydrogens is 416 g/mol. The molecule has 29 heavy (non-hydrogen) atoms. The average Bonchev–Trinajstić information content (AvgIpc) is 2.69. The van der Waals surface area contributed by atoms with Gasteiger partial charge in [0.25, 0.3) is 10.0 Å². The molecule has 0 aliphatic rings. The van der Waals surface area contributed by atoms with Gasteiger partial charge in [0, 0.05) is 31.3 Å². The standard InChI is InChI=1S/C19H26N2O6S2/c1-6-21(7-2)29(24,25)19-10-15(9-8-14(19)3)20-28(22,23)18-12-16(26-4)11-17(13-18)27-5/h8-13,20H,6-7H2,1-5H3. The molecule has 0 aliphatic heterocycles. The monoisotopic (exact) mass is 442 g/mol. The summed E-state index contributed by atoms with van der Waals surface area (Å²) < 4.78 is 65.4. The van der Waals surface area contributed by atoms with Crippen LogP contribution in [0.25, 0.3) is 0 Å². The predicted octanol–water partition coefficient (Wildman–Crippen LogP) is 2.84. The van der Waals surface area contributed by atoms with Crippen molar-refractivity contribution in [2.24, 2.45) is 0 Å². The summed E-state index contributed by atoms with van der Waals surface area (Å²) in [5, 5.41) is 0. The van der Waals surface area contributed by atoms with Crippen molar-refractivity contribution in [2.45, 2.75) is 30.6 Å². The molecule has 2 aromatic carbocycles. The van der Waals surface area contributed by atoms with Gasteiger partial charge in [-0.15, -0.1) is 0 Å². The molecule has 8 nitrogen and oxygen atoms in total. The summed E-state index contributed by atoms with van der Waals surface area (Å²) in [4.78, 5) is -0.00736. The zero-order chi connectivity index (χ0) is 21.8. The maximum atomic E-state index is 12.9. The second-order valence-electron chi connectivity index (χ2n) is 6.22. The number of nitrogens with one attached hydrogen (secondary N) is 1. The second kappa shape index (κ2) is 9.02. The third-order valence-corrected chi connectivity index (χ3v) is 7.95. The Labute approximate surface area is 172 Å². The maximum Gasteiger partial charge on any atom is 0.262 e. The van der Waals surface area contributed by atoms with E-state index in [0.29, 0.717) is 30.2 Å². The molecule has 0 spiro atoms. The van der Waals surface area contributed by atoms with Gasteiger partial charge in [0.1, 0.15) is 11.5 Å². The van der Waals surface area contributed by atoms with E-state index in [2.05, 4.69) is 4.72 Å². The summed E-state index contributed by atoms with van der Waals surface area (Å²) in [6, 6.07) is 8.68. The Morgan fingerprint density at radius 2 is 1.45 bits per heavy atom. The van der Waals surface area contributed by atoms with E-state index in [1.165, 1.54) is 42.8 Å². The molecule has 0 fully saturated rings. The van der Waals surface area contributed by atoms with Crippen LogP contribution in [0.3, 0.4) is 0 Å². The fourth-order valence-electron chi connectivity index (χ4n) is 2.79. The van der Waals surface area contributed by atoms with Gasteiger partial charge in [-0.25, -0.2) is 16.8 Å². The van der Waals surface area contributed by atoms with E-state index in [9.17, 15) is 16.8 Å². The minimum Gasteiger partial charge on any atom is -0.497 e. The quantitative estimate of drug-likeness (QED) is 0.641. The summed E-state index contributed by atoms with van der Waals surface area (Å²) in [6.07, 6.45) is 0. The average molecular weight is 443 g/mol. The summed E-state index contributed by atoms with van der Waals surface area (Å²) in [6.45, 7) is 5.80. The molecule has 2 aromatic rings. The van der Waals surface area contributed by atoms with Crippen LogP contribution in [0.15, 0.2) is 46.2 Å². The Bertz CT molecular complexity index is 1060. The van der Waals surface area contributed by atoms with Crippen LogP contribution < -0.4 is 14.2 Å². The Kier molecular flexibility index (Phi) is 7.15. The van der Waals surface area contributed by atoms with Crippen LogP contribution in [-0.2, 0) is 20.0 Å². The van der Waals surface area contributed by atoms with Crippen LogP contribution in [0.2, 0.25) is 0 Å². The molecule has 0 heterocycles. The first kappa shape index (κ1) is 23.0. The Morgan fingerprint density at radius 1 is 0.897 bits per heavy atom. The minimum absolute atomic E-state index is 0.0598. The highest BCUT2D eigenvalue weighted by Crippen LogP contribution is 2.28. The van der Waals surface area contributed by atoms with Gasteiger partial charge in [-0.1, -0.05) is 19.9 Å². The third-order valence-electron chi connectivity index (χ3n) is 4.40. The van der Waals surface area contributed by atoms with E-state index >= 15 is 0 Å². The molecule has 0 atom stereocenters. The first-order chi connectivity index (χ1) is 13.6. The SMILES string of the molecule is CCN(CC)S(=O)(=O)c1cc(NS(=O)(=O)c2cc(OC)cc(OC)c2)ccc1C. The molecule has 2 rings (SSSR count). The number of hydrogen-bond donors (Lipinski definition) is 1. The van der Waals surface area contributed by atoms with E-state index in [1.54, 1.807) is 32.9 Å². The van der Waals surface area contributed by atoms with E-state index in [4.69, 9.17) is 9.47 Å². The Balaban J connectivity index is 2.48. The van der Waals surface area contributed by atoms with Gasteiger partial charge in [-0.2, -0.15) is 4.31 Å². The topological polar surface area (TPSA) is 102 Å². The molecule has 0 saturated heterocycles. The zero-order valence-corrected chi connectivity index (χ0v) is 18.7. The van der Waals surface area contributed by atoms with Crippen LogP contribution in [0.5, 0.6) is 11.5 Å². The van der Waals surface area contributed by atoms with Gasteiger partial charge in [-0.05, 0) is 24.6 Å². The molecule has 0 saturated carbocycles. The molecule has 0 bridgehead atoms. The lowest BCUT2D eigenvalue weighted by Gasteiger charge is -2.20. The van der Waals surface area contributed by atoms with Crippen molar-refractivity contribution in [3.05, 3.63) is 42.0 Å². The number of anilines is 1. The van der Waals surface area contributed by atoms with E-state index in [0.717, 1.165) is 0 Å². The minimum atomic E-state index is -4.00. The molecule has 0 unspecified atom stereocenters. The van der Waals surface area contributed by atoms with Crippen LogP contribution in [0, 0.1) is 6.92 Å². The van der Waals surface area contributed by atoms with Crippen molar-refractivity contribution in [1.29, 1.82) is 0 Å². The van der Waals surface area contributed by atoms with E-state index < -0.39 is 20.0 Å². The van der Waals surface area contributed by atoms with Crippen LogP contribution >= 0.6 is 0 Å². The molecule has 0 amide bonds. The highest BCUT2D eigenvalue weighted by atomic mass is 32.2. The van der Waals surface area contributed by atoms with Crippen molar-refractivity contribution in [2.75, 3.05) is 32.0 Å². The first-order valence-electron chi connectivity index (χ1n) is 8.95. The van der Waals surface area contributed by atoms with Gasteiger partial charge in [0.2, 0.25) is 10.0 Å². The molecule has 0 aromatic heterocycles. The number of hydrogen-bond acceptors (Lipinski definition) is 6. The number of benzene rings is 2. The number of ether oxygens (including phenoxy) is 2. The van der Waals surface area contributed by atoms with Crippen LogP contribution in [0.1, 0.15) is 19.4 Å². The number of sulfonamides is 2. The highest BCUT2D eigenvalue weighted by molar-refractivity contribution is 7.92. The molecule has 160 valence electrons. The molecular formula is C19H26N2O6S2. The van der Waals surface area contributed by atoms with Gasteiger partial charge < -0.3 is 9.47 Å². The third kappa shape index (κ3) is 5.01. The summed E-state index contributed by atoms with van der Waals surface area (Å²) in [7, 11) is -4.90. The summed E-state index contributed by atoms with van der Waals surface area (Å²) in [5.74, 6) is 0.636. The fourth-order valence-corrected chi connectivity index (χ4v) is 5.60. The molecule has 10 heteroatoms. The van der Waals surface area contributed by atoms with Gasteiger partial charge in [0.05, 0.1) is 29.7 Å². The van der Waals surface area contributed by atoms with Gasteiger partial charge >= 0.3 is 0 Å². The Morgan fingerprint density at radius 3 is 1.93 bits per heavy atom. The zero-order valence-electron chi connectivity index (χ0n) is 17.1. The van der Waals surface area contributed by atoms with Crippen LogP contribution in [-0.4, -0.2) is 48.4 Å².